The molecule has 0 bridgehead atoms. The summed E-state index contributed by atoms with van der Waals surface area (Å²) >= 11 is 3.51. The van der Waals surface area contributed by atoms with Crippen LogP contribution in [0, 0.1) is 0 Å². The van der Waals surface area contributed by atoms with Gasteiger partial charge in [0.2, 0.25) is 0 Å². The van der Waals surface area contributed by atoms with E-state index in [1.54, 1.807) is 6.20 Å². The van der Waals surface area contributed by atoms with Crippen LogP contribution < -0.4 is 15.5 Å². The fourth-order valence-electron chi connectivity index (χ4n) is 3.43. The van der Waals surface area contributed by atoms with Crippen molar-refractivity contribution in [2.24, 2.45) is 5.10 Å². The number of hydrazone groups is 1. The van der Waals surface area contributed by atoms with Gasteiger partial charge in [-0.1, -0.05) is 60.7 Å². The van der Waals surface area contributed by atoms with Crippen molar-refractivity contribution >= 4 is 34.1 Å². The first kappa shape index (κ1) is 26.6. The number of carbonyl (C=O) groups is 2. The highest BCUT2D eigenvalue weighted by atomic mass is 79.9. The van der Waals surface area contributed by atoms with Gasteiger partial charge < -0.3 is 19.8 Å². The lowest BCUT2D eigenvalue weighted by molar-refractivity contribution is -0.123. The van der Waals surface area contributed by atoms with Crippen molar-refractivity contribution in [3.8, 4) is 5.75 Å². The number of nitrogens with zero attached hydrogens (tertiary/aromatic N) is 2. The molecule has 0 saturated heterocycles. The van der Waals surface area contributed by atoms with Gasteiger partial charge in [0.25, 0.3) is 5.91 Å². The van der Waals surface area contributed by atoms with Gasteiger partial charge in [0.05, 0.1) is 17.0 Å². The third kappa shape index (κ3) is 8.31. The standard InChI is InChI=1S/C28H26BrN5O4/c29-24-13-22(11-12-26(24)37-17-20-7-3-1-4-8-20)15-32-34-27(35)25(14-23-16-30-19-31-23)33-28(36)38-18-21-9-5-2-6-10-21/h1-13,15-16,19,25H,14,17-18H2,(H,30,31)(H,33,36)(H,34,35)/b32-15-/t25-/m1/s1. The normalized spacial score (nSPS) is 11.6. The van der Waals surface area contributed by atoms with Crippen LogP contribution in [0.4, 0.5) is 4.79 Å². The van der Waals surface area contributed by atoms with Crippen molar-refractivity contribution in [3.63, 3.8) is 0 Å². The molecule has 3 N–H and O–H groups in total. The summed E-state index contributed by atoms with van der Waals surface area (Å²) in [5.74, 6) is 0.183. The topological polar surface area (TPSA) is 118 Å². The van der Waals surface area contributed by atoms with Crippen molar-refractivity contribution in [2.45, 2.75) is 25.7 Å². The Balaban J connectivity index is 1.32. The van der Waals surface area contributed by atoms with Gasteiger partial charge in [0.1, 0.15) is 25.0 Å². The average Bonchev–Trinajstić information content (AvgIpc) is 3.45. The maximum Gasteiger partial charge on any atom is 0.408 e. The van der Waals surface area contributed by atoms with E-state index in [0.29, 0.717) is 18.1 Å². The zero-order valence-corrected chi connectivity index (χ0v) is 21.9. The third-order valence-electron chi connectivity index (χ3n) is 5.38. The third-order valence-corrected chi connectivity index (χ3v) is 6.00. The summed E-state index contributed by atoms with van der Waals surface area (Å²) in [5, 5.41) is 6.65. The predicted molar refractivity (Wildman–Crippen MR) is 146 cm³/mol. The molecule has 0 spiro atoms. The number of aromatic nitrogens is 2. The first-order valence-electron chi connectivity index (χ1n) is 11.8. The monoisotopic (exact) mass is 575 g/mol. The van der Waals surface area contributed by atoms with E-state index in [1.165, 1.54) is 12.5 Å². The van der Waals surface area contributed by atoms with E-state index >= 15 is 0 Å². The summed E-state index contributed by atoms with van der Waals surface area (Å²) in [4.78, 5) is 32.1. The van der Waals surface area contributed by atoms with Crippen LogP contribution in [0.25, 0.3) is 0 Å². The molecular formula is C28H26BrN5O4. The van der Waals surface area contributed by atoms with E-state index in [-0.39, 0.29) is 13.0 Å². The molecule has 0 fully saturated rings. The second kappa shape index (κ2) is 13.8. The van der Waals surface area contributed by atoms with Crippen molar-refractivity contribution < 1.29 is 19.1 Å². The zero-order valence-electron chi connectivity index (χ0n) is 20.3. The van der Waals surface area contributed by atoms with Crippen LogP contribution >= 0.6 is 15.9 Å². The maximum absolute atomic E-state index is 12.9. The number of alkyl carbamates (subject to hydrolysis) is 1. The molecule has 9 nitrogen and oxygen atoms in total. The summed E-state index contributed by atoms with van der Waals surface area (Å²) in [7, 11) is 0. The molecule has 0 aliphatic carbocycles. The van der Waals surface area contributed by atoms with Crippen LogP contribution in [0.15, 0.2) is 101 Å². The number of ether oxygens (including phenoxy) is 2. The molecule has 4 aromatic rings. The molecule has 38 heavy (non-hydrogen) atoms. The predicted octanol–water partition coefficient (Wildman–Crippen LogP) is 4.74. The van der Waals surface area contributed by atoms with Gasteiger partial charge in [0, 0.05) is 18.3 Å². The number of amides is 2. The molecule has 2 amide bonds. The Labute approximate surface area is 228 Å². The number of rotatable bonds is 11. The number of hydrogen-bond acceptors (Lipinski definition) is 6. The Bertz CT molecular complexity index is 1350. The van der Waals surface area contributed by atoms with E-state index in [4.69, 9.17) is 9.47 Å². The van der Waals surface area contributed by atoms with Crippen molar-refractivity contribution in [2.75, 3.05) is 0 Å². The van der Waals surface area contributed by atoms with Gasteiger partial charge in [-0.05, 0) is 50.8 Å². The molecule has 10 heteroatoms. The second-order valence-electron chi connectivity index (χ2n) is 8.24. The van der Waals surface area contributed by atoms with Crippen molar-refractivity contribution in [3.05, 3.63) is 118 Å². The second-order valence-corrected chi connectivity index (χ2v) is 9.09. The first-order chi connectivity index (χ1) is 18.6. The Morgan fingerprint density at radius 1 is 1.00 bits per heavy atom. The lowest BCUT2D eigenvalue weighted by atomic mass is 10.1. The number of imidazole rings is 1. The van der Waals surface area contributed by atoms with Crippen LogP contribution in [0.1, 0.15) is 22.4 Å². The summed E-state index contributed by atoms with van der Waals surface area (Å²) in [6.45, 7) is 0.532. The molecule has 0 unspecified atom stereocenters. The molecule has 0 aliphatic rings. The van der Waals surface area contributed by atoms with Crippen molar-refractivity contribution in [1.29, 1.82) is 0 Å². The highest BCUT2D eigenvalue weighted by molar-refractivity contribution is 9.10. The Kier molecular flexibility index (Phi) is 9.63. The minimum Gasteiger partial charge on any atom is -0.488 e. The van der Waals surface area contributed by atoms with Crippen LogP contribution in [-0.4, -0.2) is 34.2 Å². The Morgan fingerprint density at radius 2 is 1.71 bits per heavy atom. The zero-order chi connectivity index (χ0) is 26.6. The number of aromatic amines is 1. The largest absolute Gasteiger partial charge is 0.488 e. The van der Waals surface area contributed by atoms with E-state index < -0.39 is 18.0 Å². The number of carbonyl (C=O) groups excluding carboxylic acids is 2. The fraction of sp³-hybridized carbons (Fsp3) is 0.143. The van der Waals surface area contributed by atoms with Gasteiger partial charge in [-0.2, -0.15) is 5.10 Å². The van der Waals surface area contributed by atoms with E-state index in [1.807, 2.05) is 78.9 Å². The molecule has 0 saturated carbocycles. The van der Waals surface area contributed by atoms with Crippen LogP contribution in [0.5, 0.6) is 5.75 Å². The molecule has 194 valence electrons. The maximum atomic E-state index is 12.9. The Hall–Kier alpha value is -4.44. The van der Waals surface area contributed by atoms with E-state index in [0.717, 1.165) is 21.2 Å². The molecule has 0 aliphatic heterocycles. The molecule has 1 atom stereocenters. The summed E-state index contributed by atoms with van der Waals surface area (Å²) in [6.07, 6.45) is 4.05. The highest BCUT2D eigenvalue weighted by Gasteiger charge is 2.22. The number of nitrogens with one attached hydrogen (secondary N) is 3. The van der Waals surface area contributed by atoms with Crippen molar-refractivity contribution in [1.82, 2.24) is 20.7 Å². The lowest BCUT2D eigenvalue weighted by Crippen LogP contribution is -2.47. The molecule has 1 aromatic heterocycles. The van der Waals surface area contributed by atoms with Gasteiger partial charge >= 0.3 is 6.09 Å². The minimum atomic E-state index is -0.934. The summed E-state index contributed by atoms with van der Waals surface area (Å²) < 4.78 is 11.9. The quantitative estimate of drug-likeness (QED) is 0.176. The highest BCUT2D eigenvalue weighted by Crippen LogP contribution is 2.26. The Morgan fingerprint density at radius 3 is 2.37 bits per heavy atom. The van der Waals surface area contributed by atoms with Crippen LogP contribution in [-0.2, 0) is 29.2 Å². The molecular weight excluding hydrogens is 550 g/mol. The molecule has 1 heterocycles. The summed E-state index contributed by atoms with van der Waals surface area (Å²) in [5.41, 5.74) is 5.80. The average molecular weight is 576 g/mol. The minimum absolute atomic E-state index is 0.0865. The number of H-pyrrole nitrogens is 1. The number of halogens is 1. The van der Waals surface area contributed by atoms with Gasteiger partial charge in [0.15, 0.2) is 0 Å². The van der Waals surface area contributed by atoms with Gasteiger partial charge in [-0.15, -0.1) is 0 Å². The smallest absolute Gasteiger partial charge is 0.408 e. The van der Waals surface area contributed by atoms with Crippen LogP contribution in [0.2, 0.25) is 0 Å². The number of benzene rings is 3. The van der Waals surface area contributed by atoms with Gasteiger partial charge in [-0.3, -0.25) is 4.79 Å². The fourth-order valence-corrected chi connectivity index (χ4v) is 3.94. The van der Waals surface area contributed by atoms with E-state index in [2.05, 4.69) is 41.7 Å². The first-order valence-corrected chi connectivity index (χ1v) is 12.6. The molecule has 3 aromatic carbocycles. The van der Waals surface area contributed by atoms with Gasteiger partial charge in [-0.25, -0.2) is 15.2 Å². The summed E-state index contributed by atoms with van der Waals surface area (Å²) in [6, 6.07) is 23.7. The molecule has 4 rings (SSSR count). The van der Waals surface area contributed by atoms with E-state index in [9.17, 15) is 9.59 Å². The lowest BCUT2D eigenvalue weighted by Gasteiger charge is -2.16. The van der Waals surface area contributed by atoms with Crippen LogP contribution in [0.3, 0.4) is 0 Å². The molecule has 0 radical (unpaired) electrons. The number of hydrogen-bond donors (Lipinski definition) is 3. The SMILES string of the molecule is O=C(N[C@H](Cc1cnc[nH]1)C(=O)N/N=C\c1ccc(OCc2ccccc2)c(Br)c1)OCc1ccccc1.